The first kappa shape index (κ1) is 17.0. The van der Waals surface area contributed by atoms with Gasteiger partial charge in [-0.15, -0.1) is 0 Å². The second kappa shape index (κ2) is 6.12. The summed E-state index contributed by atoms with van der Waals surface area (Å²) in [6.07, 6.45) is 1.46. The minimum absolute atomic E-state index is 0.0513. The Kier molecular flexibility index (Phi) is 5.19. The van der Waals surface area contributed by atoms with E-state index in [1.807, 2.05) is 20.8 Å². The average molecular weight is 284 g/mol. The van der Waals surface area contributed by atoms with Crippen LogP contribution in [0, 0.1) is 17.3 Å². The van der Waals surface area contributed by atoms with E-state index in [1.165, 1.54) is 0 Å². The van der Waals surface area contributed by atoms with E-state index in [9.17, 15) is 14.7 Å². The van der Waals surface area contributed by atoms with Crippen LogP contribution >= 0.6 is 0 Å². The van der Waals surface area contributed by atoms with Crippen LogP contribution in [0.4, 0.5) is 0 Å². The zero-order chi connectivity index (χ0) is 15.7. The molecule has 1 fully saturated rings. The topological polar surface area (TPSA) is 69.6 Å². The molecular weight excluding hydrogens is 256 g/mol. The predicted molar refractivity (Wildman–Crippen MR) is 78.4 cm³/mol. The van der Waals surface area contributed by atoms with Gasteiger partial charge in [0.1, 0.15) is 0 Å². The smallest absolute Gasteiger partial charge is 0.307 e. The van der Waals surface area contributed by atoms with Gasteiger partial charge in [-0.3, -0.25) is 9.59 Å². The molecule has 0 aromatic rings. The molecule has 0 radical (unpaired) electrons. The Hall–Kier alpha value is -1.10. The van der Waals surface area contributed by atoms with Crippen LogP contribution in [0.15, 0.2) is 0 Å². The van der Waals surface area contributed by atoms with Gasteiger partial charge in [-0.25, -0.2) is 0 Å². The average Bonchev–Trinajstić information content (AvgIpc) is 2.33. The van der Waals surface area contributed by atoms with E-state index in [-0.39, 0.29) is 35.2 Å². The number of carbonyl (C=O) groups excluding carboxylic acids is 1. The fraction of sp³-hybridized carbons (Fsp3) is 0.867. The highest BCUT2D eigenvalue weighted by Crippen LogP contribution is 2.45. The number of hydrogen-bond acceptors (Lipinski definition) is 3. The Morgan fingerprint density at radius 3 is 2.30 bits per heavy atom. The molecule has 5 nitrogen and oxygen atoms in total. The summed E-state index contributed by atoms with van der Waals surface area (Å²) in [7, 11) is 3.49. The molecular formula is C15H28N2O3. The molecule has 0 saturated heterocycles. The summed E-state index contributed by atoms with van der Waals surface area (Å²) in [6.45, 7) is 7.98. The van der Waals surface area contributed by atoms with Crippen molar-refractivity contribution >= 4 is 11.9 Å². The van der Waals surface area contributed by atoms with Crippen LogP contribution in [0.2, 0.25) is 0 Å². The van der Waals surface area contributed by atoms with Gasteiger partial charge in [-0.05, 0) is 31.1 Å². The molecule has 116 valence electrons. The number of carboxylic acids is 1. The predicted octanol–water partition coefficient (Wildman–Crippen LogP) is 1.58. The number of carbonyl (C=O) groups is 2. The molecule has 0 aromatic carbocycles. The summed E-state index contributed by atoms with van der Waals surface area (Å²) >= 11 is 0. The standard InChI is InChI=1S/C15H28N2O3/c1-9-12(16-10(2)13(18)17(5)6)8-7-11(14(19)20)15(9,3)4/h9-12,16H,7-8H2,1-6H3,(H,19,20). The molecule has 4 atom stereocenters. The Morgan fingerprint density at radius 1 is 1.30 bits per heavy atom. The molecule has 0 aliphatic heterocycles. The van der Waals surface area contributed by atoms with E-state index in [1.54, 1.807) is 19.0 Å². The zero-order valence-corrected chi connectivity index (χ0v) is 13.4. The normalized spacial score (nSPS) is 30.6. The van der Waals surface area contributed by atoms with Gasteiger partial charge in [0.2, 0.25) is 5.91 Å². The SMILES string of the molecule is CC(NC1CCC(C(=O)O)C(C)(C)C1C)C(=O)N(C)C. The van der Waals surface area contributed by atoms with Gasteiger partial charge >= 0.3 is 5.97 Å². The van der Waals surface area contributed by atoms with Crippen molar-refractivity contribution in [2.45, 2.75) is 52.6 Å². The van der Waals surface area contributed by atoms with Crippen molar-refractivity contribution in [3.8, 4) is 0 Å². The van der Waals surface area contributed by atoms with Crippen molar-refractivity contribution in [3.05, 3.63) is 0 Å². The first-order valence-corrected chi connectivity index (χ1v) is 7.29. The molecule has 1 aliphatic rings. The van der Waals surface area contributed by atoms with Crippen molar-refractivity contribution < 1.29 is 14.7 Å². The van der Waals surface area contributed by atoms with Gasteiger partial charge in [-0.2, -0.15) is 0 Å². The third kappa shape index (κ3) is 3.32. The number of nitrogens with zero attached hydrogens (tertiary/aromatic N) is 1. The van der Waals surface area contributed by atoms with E-state index >= 15 is 0 Å². The number of amides is 1. The van der Waals surface area contributed by atoms with Crippen LogP contribution in [0.5, 0.6) is 0 Å². The number of hydrogen-bond donors (Lipinski definition) is 2. The maximum absolute atomic E-state index is 11.9. The molecule has 0 bridgehead atoms. The van der Waals surface area contributed by atoms with Gasteiger partial charge in [0.25, 0.3) is 0 Å². The highest BCUT2D eigenvalue weighted by molar-refractivity contribution is 5.81. The summed E-state index contributed by atoms with van der Waals surface area (Å²) in [5, 5.41) is 12.7. The minimum Gasteiger partial charge on any atom is -0.481 e. The van der Waals surface area contributed by atoms with E-state index in [2.05, 4.69) is 12.2 Å². The van der Waals surface area contributed by atoms with Crippen molar-refractivity contribution in [3.63, 3.8) is 0 Å². The van der Waals surface area contributed by atoms with Crippen LogP contribution in [0.25, 0.3) is 0 Å². The monoisotopic (exact) mass is 284 g/mol. The Labute approximate surface area is 121 Å². The second-order valence-electron chi connectivity index (χ2n) is 6.81. The Balaban J connectivity index is 2.76. The number of carboxylic acid groups (broad SMARTS) is 1. The van der Waals surface area contributed by atoms with E-state index < -0.39 is 5.97 Å². The minimum atomic E-state index is -0.710. The first-order valence-electron chi connectivity index (χ1n) is 7.29. The van der Waals surface area contributed by atoms with Crippen LogP contribution < -0.4 is 5.32 Å². The van der Waals surface area contributed by atoms with E-state index in [0.29, 0.717) is 6.42 Å². The summed E-state index contributed by atoms with van der Waals surface area (Å²) in [6, 6.07) is -0.0610. The van der Waals surface area contributed by atoms with Gasteiger partial charge in [0, 0.05) is 20.1 Å². The van der Waals surface area contributed by atoms with Crippen LogP contribution in [0.1, 0.15) is 40.5 Å². The van der Waals surface area contributed by atoms with E-state index in [4.69, 9.17) is 0 Å². The molecule has 1 aliphatic carbocycles. The van der Waals surface area contributed by atoms with Crippen molar-refractivity contribution in [2.75, 3.05) is 14.1 Å². The number of likely N-dealkylation sites (N-methyl/N-ethyl adjacent to an activating group) is 1. The van der Waals surface area contributed by atoms with Crippen molar-refractivity contribution in [1.82, 2.24) is 10.2 Å². The third-order valence-electron chi connectivity index (χ3n) is 5.01. The number of aliphatic carboxylic acids is 1. The second-order valence-corrected chi connectivity index (χ2v) is 6.81. The summed E-state index contributed by atoms with van der Waals surface area (Å²) in [5.74, 6) is -0.766. The lowest BCUT2D eigenvalue weighted by Crippen LogP contribution is -2.55. The van der Waals surface area contributed by atoms with Crippen LogP contribution in [-0.2, 0) is 9.59 Å². The highest BCUT2D eigenvalue weighted by atomic mass is 16.4. The summed E-state index contributed by atoms with van der Waals surface area (Å²) in [4.78, 5) is 24.9. The van der Waals surface area contributed by atoms with E-state index in [0.717, 1.165) is 6.42 Å². The number of nitrogens with one attached hydrogen (secondary N) is 1. The van der Waals surface area contributed by atoms with Crippen molar-refractivity contribution in [2.24, 2.45) is 17.3 Å². The Bertz CT molecular complexity index is 379. The van der Waals surface area contributed by atoms with Gasteiger partial charge in [0.15, 0.2) is 0 Å². The zero-order valence-electron chi connectivity index (χ0n) is 13.4. The number of rotatable bonds is 4. The molecule has 0 spiro atoms. The lowest BCUT2D eigenvalue weighted by molar-refractivity contribution is -0.150. The molecule has 1 rings (SSSR count). The summed E-state index contributed by atoms with van der Waals surface area (Å²) in [5.41, 5.74) is -0.275. The first-order chi connectivity index (χ1) is 9.09. The molecule has 0 heterocycles. The third-order valence-corrected chi connectivity index (χ3v) is 5.01. The summed E-state index contributed by atoms with van der Waals surface area (Å²) < 4.78 is 0. The van der Waals surface area contributed by atoms with Crippen LogP contribution in [0.3, 0.4) is 0 Å². The lowest BCUT2D eigenvalue weighted by atomic mass is 9.61. The fourth-order valence-corrected chi connectivity index (χ4v) is 3.25. The molecule has 4 unspecified atom stereocenters. The highest BCUT2D eigenvalue weighted by Gasteiger charge is 2.46. The quantitative estimate of drug-likeness (QED) is 0.822. The van der Waals surface area contributed by atoms with Gasteiger partial charge in [0.05, 0.1) is 12.0 Å². The van der Waals surface area contributed by atoms with Crippen LogP contribution in [-0.4, -0.2) is 48.1 Å². The molecule has 1 saturated carbocycles. The molecule has 2 N–H and O–H groups in total. The molecule has 0 aromatic heterocycles. The Morgan fingerprint density at radius 2 is 1.85 bits per heavy atom. The molecule has 5 heteroatoms. The fourth-order valence-electron chi connectivity index (χ4n) is 3.25. The largest absolute Gasteiger partial charge is 0.481 e. The maximum atomic E-state index is 11.9. The van der Waals surface area contributed by atoms with Gasteiger partial charge < -0.3 is 15.3 Å². The van der Waals surface area contributed by atoms with Gasteiger partial charge in [-0.1, -0.05) is 20.8 Å². The lowest BCUT2D eigenvalue weighted by Gasteiger charge is -2.47. The van der Waals surface area contributed by atoms with Crippen molar-refractivity contribution in [1.29, 1.82) is 0 Å². The maximum Gasteiger partial charge on any atom is 0.307 e. The molecule has 1 amide bonds. The molecule has 20 heavy (non-hydrogen) atoms.